The number of amides is 1. The van der Waals surface area contributed by atoms with E-state index in [1.165, 1.54) is 23.1 Å². The monoisotopic (exact) mass is 399 g/mol. The van der Waals surface area contributed by atoms with Crippen molar-refractivity contribution in [2.75, 3.05) is 17.7 Å². The zero-order chi connectivity index (χ0) is 18.2. The fourth-order valence-electron chi connectivity index (χ4n) is 1.95. The molecule has 1 atom stereocenters. The molecule has 1 N–H and O–H groups in total. The highest BCUT2D eigenvalue weighted by molar-refractivity contribution is 8.01. The molecule has 2 aromatic rings. The van der Waals surface area contributed by atoms with Gasteiger partial charge in [-0.15, -0.1) is 22.0 Å². The summed E-state index contributed by atoms with van der Waals surface area (Å²) in [7, 11) is 0. The standard InChI is InChI=1S/C16H18ClN3O3S2/c1-3-12(24-9-13(21)23-4-2)14(22)18-16-20-19-15(25-16)10-7-5-6-8-11(10)17/h5-8,12H,3-4,9H2,1-2H3,(H,18,20,22)/t12-/m1/s1. The van der Waals surface area contributed by atoms with E-state index in [1.807, 2.05) is 25.1 Å². The Bertz CT molecular complexity index is 739. The number of carbonyl (C=O) groups is 2. The van der Waals surface area contributed by atoms with E-state index < -0.39 is 0 Å². The largest absolute Gasteiger partial charge is 0.465 e. The van der Waals surface area contributed by atoms with Crippen molar-refractivity contribution in [3.63, 3.8) is 0 Å². The molecule has 0 aliphatic heterocycles. The van der Waals surface area contributed by atoms with Crippen LogP contribution in [0.2, 0.25) is 5.02 Å². The van der Waals surface area contributed by atoms with Crippen LogP contribution in [-0.2, 0) is 14.3 Å². The van der Waals surface area contributed by atoms with Gasteiger partial charge in [0.25, 0.3) is 0 Å². The highest BCUT2D eigenvalue weighted by Gasteiger charge is 2.20. The minimum Gasteiger partial charge on any atom is -0.465 e. The maximum atomic E-state index is 12.4. The van der Waals surface area contributed by atoms with Crippen LogP contribution in [0.4, 0.5) is 5.13 Å². The fraction of sp³-hybridized carbons (Fsp3) is 0.375. The smallest absolute Gasteiger partial charge is 0.315 e. The predicted octanol–water partition coefficient (Wildman–Crippen LogP) is 3.87. The number of aromatic nitrogens is 2. The number of carbonyl (C=O) groups excluding carboxylic acids is 2. The average Bonchev–Trinajstić information content (AvgIpc) is 3.04. The highest BCUT2D eigenvalue weighted by Crippen LogP contribution is 2.31. The molecule has 134 valence electrons. The molecule has 0 aliphatic rings. The second kappa shape index (κ2) is 9.74. The van der Waals surface area contributed by atoms with Crippen molar-refractivity contribution in [1.82, 2.24) is 10.2 Å². The van der Waals surface area contributed by atoms with Crippen LogP contribution in [0.3, 0.4) is 0 Å². The zero-order valence-electron chi connectivity index (χ0n) is 13.8. The summed E-state index contributed by atoms with van der Waals surface area (Å²) in [6, 6.07) is 7.32. The van der Waals surface area contributed by atoms with E-state index >= 15 is 0 Å². The lowest BCUT2D eigenvalue weighted by molar-refractivity contribution is -0.139. The molecule has 0 aliphatic carbocycles. The molecule has 2 rings (SSSR count). The van der Waals surface area contributed by atoms with Crippen LogP contribution in [0, 0.1) is 0 Å². The molecule has 1 amide bonds. The van der Waals surface area contributed by atoms with Crippen molar-refractivity contribution in [3.8, 4) is 10.6 Å². The van der Waals surface area contributed by atoms with Crippen LogP contribution in [0.5, 0.6) is 0 Å². The molecular weight excluding hydrogens is 382 g/mol. The van der Waals surface area contributed by atoms with Gasteiger partial charge in [0.1, 0.15) is 0 Å². The number of thioether (sulfide) groups is 1. The van der Waals surface area contributed by atoms with Crippen molar-refractivity contribution < 1.29 is 14.3 Å². The third kappa shape index (κ3) is 5.69. The van der Waals surface area contributed by atoms with Crippen LogP contribution in [-0.4, -0.2) is 39.7 Å². The van der Waals surface area contributed by atoms with Gasteiger partial charge in [-0.1, -0.05) is 48.1 Å². The minimum atomic E-state index is -0.364. The summed E-state index contributed by atoms with van der Waals surface area (Å²) in [5.41, 5.74) is 0.769. The van der Waals surface area contributed by atoms with Crippen molar-refractivity contribution in [1.29, 1.82) is 0 Å². The predicted molar refractivity (Wildman–Crippen MR) is 102 cm³/mol. The summed E-state index contributed by atoms with van der Waals surface area (Å²) in [6.07, 6.45) is 0.589. The third-order valence-corrected chi connectivity index (χ3v) is 5.68. The zero-order valence-corrected chi connectivity index (χ0v) is 16.2. The lowest BCUT2D eigenvalue weighted by Gasteiger charge is -2.12. The van der Waals surface area contributed by atoms with Gasteiger partial charge in [0.15, 0.2) is 5.01 Å². The summed E-state index contributed by atoms with van der Waals surface area (Å²) in [6.45, 7) is 3.97. The molecule has 1 aromatic heterocycles. The Morgan fingerprint density at radius 3 is 2.76 bits per heavy atom. The van der Waals surface area contributed by atoms with E-state index in [0.717, 1.165) is 5.56 Å². The Balaban J connectivity index is 1.98. The Kier molecular flexibility index (Phi) is 7.67. The molecule has 0 saturated heterocycles. The van der Waals surface area contributed by atoms with Gasteiger partial charge in [0, 0.05) is 5.56 Å². The number of hydrogen-bond acceptors (Lipinski definition) is 7. The van der Waals surface area contributed by atoms with Crippen LogP contribution in [0.1, 0.15) is 20.3 Å². The number of hydrogen-bond donors (Lipinski definition) is 1. The molecule has 25 heavy (non-hydrogen) atoms. The van der Waals surface area contributed by atoms with Crippen LogP contribution >= 0.6 is 34.7 Å². The molecule has 0 fully saturated rings. The first-order chi connectivity index (χ1) is 12.0. The first-order valence-corrected chi connectivity index (χ1v) is 9.96. The number of rotatable bonds is 8. The maximum Gasteiger partial charge on any atom is 0.315 e. The molecular formula is C16H18ClN3O3S2. The number of benzene rings is 1. The highest BCUT2D eigenvalue weighted by atomic mass is 35.5. The van der Waals surface area contributed by atoms with Gasteiger partial charge in [-0.05, 0) is 19.4 Å². The minimum absolute atomic E-state index is 0.140. The van der Waals surface area contributed by atoms with E-state index in [2.05, 4.69) is 15.5 Å². The molecule has 0 saturated carbocycles. The van der Waals surface area contributed by atoms with Gasteiger partial charge < -0.3 is 4.74 Å². The number of esters is 1. The Morgan fingerprint density at radius 2 is 2.08 bits per heavy atom. The molecule has 1 heterocycles. The Morgan fingerprint density at radius 1 is 1.32 bits per heavy atom. The lowest BCUT2D eigenvalue weighted by Crippen LogP contribution is -2.26. The van der Waals surface area contributed by atoms with Crippen LogP contribution in [0.25, 0.3) is 10.6 Å². The Hall–Kier alpha value is -1.64. The van der Waals surface area contributed by atoms with Crippen LogP contribution in [0.15, 0.2) is 24.3 Å². The van der Waals surface area contributed by atoms with Crippen LogP contribution < -0.4 is 5.32 Å². The quantitative estimate of drug-likeness (QED) is 0.678. The van der Waals surface area contributed by atoms with Gasteiger partial charge in [-0.3, -0.25) is 14.9 Å². The Labute approximate surface area is 159 Å². The SMILES string of the molecule is CCOC(=O)CS[C@H](CC)C(=O)Nc1nnc(-c2ccccc2Cl)s1. The molecule has 0 radical (unpaired) electrons. The van der Waals surface area contributed by atoms with E-state index in [-0.39, 0.29) is 22.9 Å². The summed E-state index contributed by atoms with van der Waals surface area (Å²) < 4.78 is 4.87. The second-order valence-corrected chi connectivity index (χ2v) is 7.47. The summed E-state index contributed by atoms with van der Waals surface area (Å²) in [4.78, 5) is 23.8. The fourth-order valence-corrected chi connectivity index (χ4v) is 3.89. The summed E-state index contributed by atoms with van der Waals surface area (Å²) in [5, 5.41) is 12.1. The number of ether oxygens (including phenoxy) is 1. The lowest BCUT2D eigenvalue weighted by atomic mass is 10.2. The molecule has 0 unspecified atom stereocenters. The van der Waals surface area contributed by atoms with E-state index in [9.17, 15) is 9.59 Å². The molecule has 9 heteroatoms. The molecule has 6 nitrogen and oxygen atoms in total. The topological polar surface area (TPSA) is 81.2 Å². The summed E-state index contributed by atoms with van der Waals surface area (Å²) >= 11 is 8.65. The van der Waals surface area contributed by atoms with E-state index in [0.29, 0.717) is 28.2 Å². The van der Waals surface area contributed by atoms with Crippen molar-refractivity contribution in [2.24, 2.45) is 0 Å². The number of nitrogens with one attached hydrogen (secondary N) is 1. The molecule has 0 bridgehead atoms. The maximum absolute atomic E-state index is 12.4. The first-order valence-electron chi connectivity index (χ1n) is 7.71. The van der Waals surface area contributed by atoms with E-state index in [4.69, 9.17) is 16.3 Å². The average molecular weight is 400 g/mol. The van der Waals surface area contributed by atoms with Gasteiger partial charge in [0.2, 0.25) is 11.0 Å². The second-order valence-electron chi connectivity index (χ2n) is 4.89. The van der Waals surface area contributed by atoms with Gasteiger partial charge in [-0.25, -0.2) is 0 Å². The first kappa shape index (κ1) is 19.7. The molecule has 1 aromatic carbocycles. The summed E-state index contributed by atoms with van der Waals surface area (Å²) in [5.74, 6) is -0.393. The van der Waals surface area contributed by atoms with Crippen molar-refractivity contribution in [3.05, 3.63) is 29.3 Å². The number of halogens is 1. The van der Waals surface area contributed by atoms with Gasteiger partial charge in [-0.2, -0.15) is 0 Å². The number of nitrogens with zero attached hydrogens (tertiary/aromatic N) is 2. The van der Waals surface area contributed by atoms with Crippen molar-refractivity contribution >= 4 is 51.7 Å². The third-order valence-electron chi connectivity index (χ3n) is 3.13. The van der Waals surface area contributed by atoms with Gasteiger partial charge in [0.05, 0.1) is 22.6 Å². The van der Waals surface area contributed by atoms with Gasteiger partial charge >= 0.3 is 5.97 Å². The van der Waals surface area contributed by atoms with Crippen molar-refractivity contribution in [2.45, 2.75) is 25.5 Å². The van der Waals surface area contributed by atoms with E-state index in [1.54, 1.807) is 13.0 Å². The number of anilines is 1. The molecule has 0 spiro atoms. The normalized spacial score (nSPS) is 11.8.